The molecule has 14 heavy (non-hydrogen) atoms. The number of rotatable bonds is 5. The molecule has 0 saturated heterocycles. The summed E-state index contributed by atoms with van der Waals surface area (Å²) in [4.78, 5) is 0. The minimum atomic E-state index is 0.521. The van der Waals surface area contributed by atoms with E-state index in [9.17, 15) is 0 Å². The van der Waals surface area contributed by atoms with Crippen molar-refractivity contribution in [2.24, 2.45) is 5.92 Å². The molecule has 0 aliphatic heterocycles. The van der Waals surface area contributed by atoms with E-state index in [2.05, 4.69) is 44.5 Å². The SMILES string of the molecule is COCc1nnc(CBr)n1CC(C)C. The van der Waals surface area contributed by atoms with Crippen LogP contribution in [-0.2, 0) is 23.2 Å². The van der Waals surface area contributed by atoms with Crippen LogP contribution >= 0.6 is 15.9 Å². The zero-order chi connectivity index (χ0) is 10.6. The molecule has 1 aromatic heterocycles. The van der Waals surface area contributed by atoms with Gasteiger partial charge in [0, 0.05) is 13.7 Å². The van der Waals surface area contributed by atoms with E-state index in [0.717, 1.165) is 23.5 Å². The smallest absolute Gasteiger partial charge is 0.159 e. The maximum Gasteiger partial charge on any atom is 0.159 e. The molecule has 0 N–H and O–H groups in total. The highest BCUT2D eigenvalue weighted by atomic mass is 79.9. The quantitative estimate of drug-likeness (QED) is 0.762. The molecule has 80 valence electrons. The third kappa shape index (κ3) is 2.78. The predicted octanol–water partition coefficient (Wildman–Crippen LogP) is 1.98. The van der Waals surface area contributed by atoms with E-state index in [4.69, 9.17) is 4.74 Å². The molecule has 0 aromatic carbocycles. The number of aromatic nitrogens is 3. The van der Waals surface area contributed by atoms with E-state index in [0.29, 0.717) is 12.5 Å². The molecule has 0 atom stereocenters. The Bertz CT molecular complexity index is 286. The summed E-state index contributed by atoms with van der Waals surface area (Å²) in [5, 5.41) is 8.91. The number of halogens is 1. The van der Waals surface area contributed by atoms with Gasteiger partial charge in [-0.25, -0.2) is 0 Å². The number of hydrogen-bond donors (Lipinski definition) is 0. The van der Waals surface area contributed by atoms with Gasteiger partial charge in [-0.1, -0.05) is 29.8 Å². The fourth-order valence-electron chi connectivity index (χ4n) is 1.28. The van der Waals surface area contributed by atoms with Crippen molar-refractivity contribution < 1.29 is 4.74 Å². The molecule has 5 heteroatoms. The summed E-state index contributed by atoms with van der Waals surface area (Å²) in [5.74, 6) is 2.45. The normalized spacial score (nSPS) is 11.2. The van der Waals surface area contributed by atoms with Crippen molar-refractivity contribution in [1.82, 2.24) is 14.8 Å². The zero-order valence-corrected chi connectivity index (χ0v) is 10.4. The van der Waals surface area contributed by atoms with Crippen LogP contribution in [0.3, 0.4) is 0 Å². The van der Waals surface area contributed by atoms with Gasteiger partial charge in [0.2, 0.25) is 0 Å². The molecule has 0 spiro atoms. The maximum atomic E-state index is 5.07. The number of hydrogen-bond acceptors (Lipinski definition) is 3. The Morgan fingerprint density at radius 1 is 1.36 bits per heavy atom. The van der Waals surface area contributed by atoms with E-state index in [-0.39, 0.29) is 0 Å². The number of methoxy groups -OCH3 is 1. The minimum absolute atomic E-state index is 0.521. The van der Waals surface area contributed by atoms with E-state index in [1.165, 1.54) is 0 Å². The third-order valence-corrected chi connectivity index (χ3v) is 2.35. The molecule has 4 nitrogen and oxygen atoms in total. The van der Waals surface area contributed by atoms with E-state index < -0.39 is 0 Å². The number of ether oxygens (including phenoxy) is 1. The highest BCUT2D eigenvalue weighted by molar-refractivity contribution is 9.08. The van der Waals surface area contributed by atoms with Gasteiger partial charge in [-0.2, -0.15) is 0 Å². The summed E-state index contributed by atoms with van der Waals surface area (Å²) in [6.45, 7) is 5.81. The van der Waals surface area contributed by atoms with Gasteiger partial charge < -0.3 is 9.30 Å². The van der Waals surface area contributed by atoms with Crippen LogP contribution < -0.4 is 0 Å². The highest BCUT2D eigenvalue weighted by Crippen LogP contribution is 2.10. The molecule has 0 saturated carbocycles. The van der Waals surface area contributed by atoms with E-state index in [1.807, 2.05) is 0 Å². The van der Waals surface area contributed by atoms with Crippen LogP contribution in [0.2, 0.25) is 0 Å². The molecule has 0 unspecified atom stereocenters. The summed E-state index contributed by atoms with van der Waals surface area (Å²) in [7, 11) is 1.67. The lowest BCUT2D eigenvalue weighted by Crippen LogP contribution is -2.11. The van der Waals surface area contributed by atoms with Crippen LogP contribution in [0.15, 0.2) is 0 Å². The van der Waals surface area contributed by atoms with Crippen LogP contribution in [0, 0.1) is 5.92 Å². The van der Waals surface area contributed by atoms with Crippen molar-refractivity contribution in [2.75, 3.05) is 7.11 Å². The van der Waals surface area contributed by atoms with Crippen molar-refractivity contribution >= 4 is 15.9 Å². The number of nitrogens with zero attached hydrogens (tertiary/aromatic N) is 3. The Hall–Kier alpha value is -0.420. The van der Waals surface area contributed by atoms with Gasteiger partial charge in [-0.3, -0.25) is 0 Å². The van der Waals surface area contributed by atoms with Crippen molar-refractivity contribution in [3.05, 3.63) is 11.6 Å². The molecule has 0 fully saturated rings. The van der Waals surface area contributed by atoms with Gasteiger partial charge in [-0.05, 0) is 5.92 Å². The monoisotopic (exact) mass is 261 g/mol. The summed E-state index contributed by atoms with van der Waals surface area (Å²) < 4.78 is 7.18. The topological polar surface area (TPSA) is 39.9 Å². The molecule has 0 amide bonds. The Morgan fingerprint density at radius 3 is 2.50 bits per heavy atom. The molecule has 0 bridgehead atoms. The van der Waals surface area contributed by atoms with Crippen LogP contribution in [0.25, 0.3) is 0 Å². The van der Waals surface area contributed by atoms with E-state index in [1.54, 1.807) is 7.11 Å². The summed E-state index contributed by atoms with van der Waals surface area (Å²) in [6, 6.07) is 0. The lowest BCUT2D eigenvalue weighted by atomic mass is 10.2. The largest absolute Gasteiger partial charge is 0.377 e. The van der Waals surface area contributed by atoms with Crippen molar-refractivity contribution in [3.8, 4) is 0 Å². The molecular weight excluding hydrogens is 246 g/mol. The van der Waals surface area contributed by atoms with Crippen LogP contribution in [-0.4, -0.2) is 21.9 Å². The van der Waals surface area contributed by atoms with Gasteiger partial charge >= 0.3 is 0 Å². The first kappa shape index (κ1) is 11.7. The Labute approximate surface area is 92.8 Å². The van der Waals surface area contributed by atoms with Crippen molar-refractivity contribution in [1.29, 1.82) is 0 Å². The predicted molar refractivity (Wildman–Crippen MR) is 58.2 cm³/mol. The Kier molecular flexibility index (Phi) is 4.54. The second-order valence-corrected chi connectivity index (χ2v) is 4.16. The molecule has 0 aliphatic rings. The zero-order valence-electron chi connectivity index (χ0n) is 8.83. The van der Waals surface area contributed by atoms with Gasteiger partial charge in [-0.15, -0.1) is 10.2 Å². The highest BCUT2D eigenvalue weighted by Gasteiger charge is 2.11. The first-order valence-corrected chi connectivity index (χ1v) is 5.77. The van der Waals surface area contributed by atoms with Crippen molar-refractivity contribution in [3.63, 3.8) is 0 Å². The second-order valence-electron chi connectivity index (χ2n) is 3.60. The van der Waals surface area contributed by atoms with E-state index >= 15 is 0 Å². The standard InChI is InChI=1S/C9H16BrN3O/c1-7(2)5-13-8(4-10)11-12-9(13)6-14-3/h7H,4-6H2,1-3H3. The Balaban J connectivity index is 2.87. The first-order valence-electron chi connectivity index (χ1n) is 4.64. The lowest BCUT2D eigenvalue weighted by molar-refractivity contribution is 0.173. The van der Waals surface area contributed by atoms with Crippen LogP contribution in [0.1, 0.15) is 25.5 Å². The molecule has 0 radical (unpaired) electrons. The molecule has 1 aromatic rings. The van der Waals surface area contributed by atoms with Gasteiger partial charge in [0.15, 0.2) is 5.82 Å². The van der Waals surface area contributed by atoms with Crippen LogP contribution in [0.5, 0.6) is 0 Å². The molecule has 1 rings (SSSR count). The Morgan fingerprint density at radius 2 is 2.00 bits per heavy atom. The molecule has 0 aliphatic carbocycles. The van der Waals surface area contributed by atoms with Gasteiger partial charge in [0.1, 0.15) is 12.4 Å². The fourth-order valence-corrected chi connectivity index (χ4v) is 1.70. The first-order chi connectivity index (χ1) is 6.69. The minimum Gasteiger partial charge on any atom is -0.377 e. The molecule has 1 heterocycles. The third-order valence-electron chi connectivity index (χ3n) is 1.84. The van der Waals surface area contributed by atoms with Crippen LogP contribution in [0.4, 0.5) is 0 Å². The molecular formula is C9H16BrN3O. The summed E-state index contributed by atoms with van der Waals surface area (Å²) in [5.41, 5.74) is 0. The summed E-state index contributed by atoms with van der Waals surface area (Å²) in [6.07, 6.45) is 0. The second kappa shape index (κ2) is 5.46. The summed E-state index contributed by atoms with van der Waals surface area (Å²) >= 11 is 3.40. The fraction of sp³-hybridized carbons (Fsp3) is 0.778. The lowest BCUT2D eigenvalue weighted by Gasteiger charge is -2.10. The maximum absolute atomic E-state index is 5.07. The average molecular weight is 262 g/mol. The number of alkyl halides is 1. The van der Waals surface area contributed by atoms with Gasteiger partial charge in [0.25, 0.3) is 0 Å². The average Bonchev–Trinajstić information content (AvgIpc) is 2.48. The van der Waals surface area contributed by atoms with Gasteiger partial charge in [0.05, 0.1) is 5.33 Å². The van der Waals surface area contributed by atoms with Crippen molar-refractivity contribution in [2.45, 2.75) is 32.3 Å².